The van der Waals surface area contributed by atoms with E-state index in [1.807, 2.05) is 36.4 Å². The Morgan fingerprint density at radius 1 is 1.12 bits per heavy atom. The lowest BCUT2D eigenvalue weighted by Gasteiger charge is -2.16. The molecule has 4 heteroatoms. The number of rotatable bonds is 6. The molecule has 0 aliphatic carbocycles. The Morgan fingerprint density at radius 2 is 1.85 bits per heavy atom. The maximum atomic E-state index is 12.3. The zero-order chi connectivity index (χ0) is 18.5. The summed E-state index contributed by atoms with van der Waals surface area (Å²) >= 11 is 0. The molecule has 4 nitrogen and oxygen atoms in total. The van der Waals surface area contributed by atoms with Crippen LogP contribution in [0.1, 0.15) is 37.8 Å². The van der Waals surface area contributed by atoms with Crippen molar-refractivity contribution >= 4 is 23.2 Å². The fraction of sp³-hybridized carbons (Fsp3) is 0.364. The van der Waals surface area contributed by atoms with Crippen LogP contribution >= 0.6 is 0 Å². The van der Waals surface area contributed by atoms with Crippen molar-refractivity contribution in [2.45, 2.75) is 39.5 Å². The lowest BCUT2D eigenvalue weighted by molar-refractivity contribution is -0.117. The average molecular weight is 350 g/mol. The molecule has 1 saturated heterocycles. The molecule has 1 aliphatic rings. The van der Waals surface area contributed by atoms with E-state index in [0.717, 1.165) is 36.3 Å². The summed E-state index contributed by atoms with van der Waals surface area (Å²) in [5.41, 5.74) is 3.87. The van der Waals surface area contributed by atoms with E-state index in [1.54, 1.807) is 4.90 Å². The van der Waals surface area contributed by atoms with Crippen molar-refractivity contribution in [3.8, 4) is 0 Å². The van der Waals surface area contributed by atoms with Crippen molar-refractivity contribution in [2.75, 3.05) is 16.8 Å². The third kappa shape index (κ3) is 4.72. The van der Waals surface area contributed by atoms with Crippen molar-refractivity contribution in [3.05, 3.63) is 59.7 Å². The van der Waals surface area contributed by atoms with Gasteiger partial charge >= 0.3 is 0 Å². The Labute approximate surface area is 155 Å². The van der Waals surface area contributed by atoms with E-state index in [-0.39, 0.29) is 11.8 Å². The Balaban J connectivity index is 1.60. The summed E-state index contributed by atoms with van der Waals surface area (Å²) in [6.45, 7) is 5.15. The van der Waals surface area contributed by atoms with Crippen molar-refractivity contribution in [2.24, 2.45) is 5.92 Å². The molecule has 0 bridgehead atoms. The van der Waals surface area contributed by atoms with E-state index in [4.69, 9.17) is 0 Å². The Morgan fingerprint density at radius 3 is 2.50 bits per heavy atom. The summed E-state index contributed by atoms with van der Waals surface area (Å²) in [7, 11) is 0. The van der Waals surface area contributed by atoms with Gasteiger partial charge in [0.2, 0.25) is 11.8 Å². The minimum absolute atomic E-state index is 0.0495. The predicted octanol–water partition coefficient (Wildman–Crippen LogP) is 4.19. The van der Waals surface area contributed by atoms with Crippen LogP contribution in [0.5, 0.6) is 0 Å². The van der Waals surface area contributed by atoms with Gasteiger partial charge in [-0.3, -0.25) is 9.59 Å². The molecule has 0 aromatic heterocycles. The van der Waals surface area contributed by atoms with Crippen LogP contribution < -0.4 is 10.2 Å². The summed E-state index contributed by atoms with van der Waals surface area (Å²) in [5, 5.41) is 2.94. The second-order valence-electron chi connectivity index (χ2n) is 7.34. The number of amides is 2. The maximum Gasteiger partial charge on any atom is 0.228 e. The van der Waals surface area contributed by atoms with Gasteiger partial charge in [-0.2, -0.15) is 0 Å². The largest absolute Gasteiger partial charge is 0.326 e. The van der Waals surface area contributed by atoms with E-state index in [2.05, 4.69) is 31.3 Å². The van der Waals surface area contributed by atoms with Gasteiger partial charge in [-0.05, 0) is 48.1 Å². The Kier molecular flexibility index (Phi) is 5.71. The standard InChI is InChI=1S/C22H26N2O2/c1-16(2)13-17-8-10-18(11-9-17)14-21(25)23-19-5-3-6-20(15-19)24-12-4-7-22(24)26/h3,5-6,8-11,15-16H,4,7,12-14H2,1-2H3,(H,23,25). The van der Waals surface area contributed by atoms with Crippen LogP contribution in [0.15, 0.2) is 48.5 Å². The molecule has 136 valence electrons. The lowest BCUT2D eigenvalue weighted by atomic mass is 10.0. The normalized spacial score (nSPS) is 14.1. The molecule has 0 spiro atoms. The first-order chi connectivity index (χ1) is 12.5. The van der Waals surface area contributed by atoms with Crippen molar-refractivity contribution in [3.63, 3.8) is 0 Å². The number of benzene rings is 2. The fourth-order valence-electron chi connectivity index (χ4n) is 3.33. The molecule has 26 heavy (non-hydrogen) atoms. The number of nitrogens with one attached hydrogen (secondary N) is 1. The molecule has 2 aromatic carbocycles. The van der Waals surface area contributed by atoms with Crippen LogP contribution in [0.4, 0.5) is 11.4 Å². The van der Waals surface area contributed by atoms with E-state index in [0.29, 0.717) is 18.8 Å². The average Bonchev–Trinajstić information content (AvgIpc) is 3.02. The van der Waals surface area contributed by atoms with Gasteiger partial charge in [0.25, 0.3) is 0 Å². The minimum atomic E-state index is -0.0495. The maximum absolute atomic E-state index is 12.3. The van der Waals surface area contributed by atoms with Crippen molar-refractivity contribution < 1.29 is 9.59 Å². The number of carbonyl (C=O) groups is 2. The molecule has 1 heterocycles. The molecule has 0 radical (unpaired) electrons. The summed E-state index contributed by atoms with van der Waals surface area (Å²) in [4.78, 5) is 26.0. The van der Waals surface area contributed by atoms with E-state index < -0.39 is 0 Å². The summed E-state index contributed by atoms with van der Waals surface area (Å²) in [5.74, 6) is 0.723. The number of nitrogens with zero attached hydrogens (tertiary/aromatic N) is 1. The number of anilines is 2. The third-order valence-electron chi connectivity index (χ3n) is 4.55. The summed E-state index contributed by atoms with van der Waals surface area (Å²) in [6, 6.07) is 15.8. The third-order valence-corrected chi connectivity index (χ3v) is 4.55. The lowest BCUT2D eigenvalue weighted by Crippen LogP contribution is -2.23. The highest BCUT2D eigenvalue weighted by Gasteiger charge is 2.21. The van der Waals surface area contributed by atoms with E-state index >= 15 is 0 Å². The van der Waals surface area contributed by atoms with Gasteiger partial charge in [-0.1, -0.05) is 44.2 Å². The minimum Gasteiger partial charge on any atom is -0.326 e. The molecule has 1 fully saturated rings. The molecular formula is C22H26N2O2. The van der Waals surface area contributed by atoms with Crippen LogP contribution in [0.25, 0.3) is 0 Å². The highest BCUT2D eigenvalue weighted by molar-refractivity contribution is 5.97. The zero-order valence-electron chi connectivity index (χ0n) is 15.5. The van der Waals surface area contributed by atoms with Gasteiger partial charge in [0.1, 0.15) is 0 Å². The predicted molar refractivity (Wildman–Crippen MR) is 105 cm³/mol. The SMILES string of the molecule is CC(C)Cc1ccc(CC(=O)Nc2cccc(N3CCCC3=O)c2)cc1. The molecule has 0 unspecified atom stereocenters. The zero-order valence-corrected chi connectivity index (χ0v) is 15.5. The Bertz CT molecular complexity index is 781. The van der Waals surface area contributed by atoms with E-state index in [1.165, 1.54) is 5.56 Å². The summed E-state index contributed by atoms with van der Waals surface area (Å²) in [6.07, 6.45) is 2.88. The van der Waals surface area contributed by atoms with Gasteiger partial charge in [0.05, 0.1) is 6.42 Å². The first-order valence-electron chi connectivity index (χ1n) is 9.29. The highest BCUT2D eigenvalue weighted by Crippen LogP contribution is 2.24. The van der Waals surface area contributed by atoms with Gasteiger partial charge in [-0.25, -0.2) is 0 Å². The quantitative estimate of drug-likeness (QED) is 0.849. The molecule has 0 saturated carbocycles. The monoisotopic (exact) mass is 350 g/mol. The van der Waals surface area contributed by atoms with Gasteiger partial charge in [-0.15, -0.1) is 0 Å². The van der Waals surface area contributed by atoms with Crippen LogP contribution in [-0.2, 0) is 22.4 Å². The summed E-state index contributed by atoms with van der Waals surface area (Å²) < 4.78 is 0. The van der Waals surface area contributed by atoms with Crippen molar-refractivity contribution in [1.82, 2.24) is 0 Å². The molecule has 3 rings (SSSR count). The smallest absolute Gasteiger partial charge is 0.228 e. The number of carbonyl (C=O) groups excluding carboxylic acids is 2. The first-order valence-corrected chi connectivity index (χ1v) is 9.29. The Hall–Kier alpha value is -2.62. The van der Waals surface area contributed by atoms with E-state index in [9.17, 15) is 9.59 Å². The molecule has 2 amide bonds. The first kappa shape index (κ1) is 18.2. The second kappa shape index (κ2) is 8.17. The van der Waals surface area contributed by atoms with Crippen LogP contribution in [-0.4, -0.2) is 18.4 Å². The highest BCUT2D eigenvalue weighted by atomic mass is 16.2. The van der Waals surface area contributed by atoms with Crippen LogP contribution in [0, 0.1) is 5.92 Å². The van der Waals surface area contributed by atoms with Gasteiger partial charge < -0.3 is 10.2 Å². The molecule has 2 aromatic rings. The number of hydrogen-bond acceptors (Lipinski definition) is 2. The topological polar surface area (TPSA) is 49.4 Å². The molecule has 0 atom stereocenters. The molecule has 1 N–H and O–H groups in total. The fourth-order valence-corrected chi connectivity index (χ4v) is 3.33. The molecular weight excluding hydrogens is 324 g/mol. The number of hydrogen-bond donors (Lipinski definition) is 1. The van der Waals surface area contributed by atoms with Crippen molar-refractivity contribution in [1.29, 1.82) is 0 Å². The van der Waals surface area contributed by atoms with Gasteiger partial charge in [0, 0.05) is 24.3 Å². The molecule has 1 aliphatic heterocycles. The second-order valence-corrected chi connectivity index (χ2v) is 7.34. The van der Waals surface area contributed by atoms with Gasteiger partial charge in [0.15, 0.2) is 0 Å². The van der Waals surface area contributed by atoms with Crippen LogP contribution in [0.2, 0.25) is 0 Å². The van der Waals surface area contributed by atoms with Crippen LogP contribution in [0.3, 0.4) is 0 Å².